The number of piperidine rings is 1. The van der Waals surface area contributed by atoms with Gasteiger partial charge in [0.15, 0.2) is 4.77 Å². The molecular formula is C20H28N4S. The van der Waals surface area contributed by atoms with Crippen molar-refractivity contribution < 1.29 is 0 Å². The lowest BCUT2D eigenvalue weighted by molar-refractivity contribution is 0.0322. The van der Waals surface area contributed by atoms with E-state index in [4.69, 9.17) is 17.3 Å². The fourth-order valence-corrected chi connectivity index (χ4v) is 4.96. The highest BCUT2D eigenvalue weighted by molar-refractivity contribution is 7.71. The van der Waals surface area contributed by atoms with Crippen LogP contribution in [-0.2, 0) is 13.2 Å². The average Bonchev–Trinajstić information content (AvgIpc) is 2.90. The molecule has 0 unspecified atom stereocenters. The number of likely N-dealkylation sites (tertiary alicyclic amines) is 1. The van der Waals surface area contributed by atoms with E-state index in [1.54, 1.807) is 0 Å². The molecule has 2 atom stereocenters. The Bertz CT molecular complexity index is 762. The Hall–Kier alpha value is -1.46. The quantitative estimate of drug-likeness (QED) is 0.760. The number of aromatic nitrogens is 3. The molecule has 2 fully saturated rings. The molecule has 1 aliphatic heterocycles. The van der Waals surface area contributed by atoms with Gasteiger partial charge in [0.1, 0.15) is 5.82 Å². The van der Waals surface area contributed by atoms with Gasteiger partial charge >= 0.3 is 0 Å². The SMILES string of the molecule is Cc1nn(CN2CCC[C@H]3CCCC[C@@H]32)c(=S)n1Cc1ccccc1. The second-order valence-electron chi connectivity index (χ2n) is 7.61. The molecule has 0 radical (unpaired) electrons. The Balaban J connectivity index is 1.53. The van der Waals surface area contributed by atoms with Gasteiger partial charge in [0.05, 0.1) is 13.2 Å². The van der Waals surface area contributed by atoms with Crippen molar-refractivity contribution >= 4 is 12.2 Å². The molecule has 1 saturated carbocycles. The highest BCUT2D eigenvalue weighted by atomic mass is 32.1. The molecule has 1 saturated heterocycles. The summed E-state index contributed by atoms with van der Waals surface area (Å²) in [6.45, 7) is 4.91. The molecular weight excluding hydrogens is 328 g/mol. The number of benzene rings is 1. The highest BCUT2D eigenvalue weighted by Gasteiger charge is 2.33. The van der Waals surface area contributed by atoms with E-state index in [-0.39, 0.29) is 0 Å². The molecule has 2 heterocycles. The summed E-state index contributed by atoms with van der Waals surface area (Å²) in [7, 11) is 0. The third-order valence-electron chi connectivity index (χ3n) is 5.97. The Morgan fingerprint density at radius 2 is 1.84 bits per heavy atom. The summed E-state index contributed by atoms with van der Waals surface area (Å²) in [4.78, 5) is 2.64. The van der Waals surface area contributed by atoms with Gasteiger partial charge in [-0.05, 0) is 56.3 Å². The van der Waals surface area contributed by atoms with Crippen molar-refractivity contribution in [3.63, 3.8) is 0 Å². The standard InChI is InChI=1S/C20H28N4S/c1-16-21-24(20(25)23(16)14-17-8-3-2-4-9-17)15-22-13-7-11-18-10-5-6-12-19(18)22/h2-4,8-9,18-19H,5-7,10-15H2,1H3/t18-,19+/m1/s1. The summed E-state index contributed by atoms with van der Waals surface area (Å²) in [5, 5.41) is 4.77. The van der Waals surface area contributed by atoms with E-state index >= 15 is 0 Å². The molecule has 25 heavy (non-hydrogen) atoms. The molecule has 5 heteroatoms. The van der Waals surface area contributed by atoms with E-state index < -0.39 is 0 Å². The molecule has 1 aromatic heterocycles. The van der Waals surface area contributed by atoms with Crippen LogP contribution < -0.4 is 0 Å². The zero-order chi connectivity index (χ0) is 17.2. The van der Waals surface area contributed by atoms with Crippen LogP contribution in [0, 0.1) is 17.6 Å². The Labute approximate surface area is 155 Å². The van der Waals surface area contributed by atoms with Crippen LogP contribution in [0.1, 0.15) is 49.9 Å². The Morgan fingerprint density at radius 3 is 2.68 bits per heavy atom. The molecule has 0 spiro atoms. The van der Waals surface area contributed by atoms with Crippen LogP contribution in [0.3, 0.4) is 0 Å². The lowest BCUT2D eigenvalue weighted by Crippen LogP contribution is -2.47. The van der Waals surface area contributed by atoms with Gasteiger partial charge in [-0.25, -0.2) is 4.68 Å². The van der Waals surface area contributed by atoms with Crippen LogP contribution in [0.25, 0.3) is 0 Å². The average molecular weight is 357 g/mol. The Kier molecular flexibility index (Phi) is 5.04. The molecule has 0 N–H and O–H groups in total. The normalized spacial score (nSPS) is 24.2. The zero-order valence-corrected chi connectivity index (χ0v) is 15.9. The summed E-state index contributed by atoms with van der Waals surface area (Å²) in [5.41, 5.74) is 1.27. The maximum Gasteiger partial charge on any atom is 0.199 e. The van der Waals surface area contributed by atoms with Crippen molar-refractivity contribution in [2.24, 2.45) is 5.92 Å². The van der Waals surface area contributed by atoms with Crippen molar-refractivity contribution in [3.05, 3.63) is 46.5 Å². The third kappa shape index (κ3) is 3.58. The summed E-state index contributed by atoms with van der Waals surface area (Å²) < 4.78 is 5.05. The minimum absolute atomic E-state index is 0.740. The van der Waals surface area contributed by atoms with Crippen molar-refractivity contribution in [1.29, 1.82) is 0 Å². The summed E-state index contributed by atoms with van der Waals surface area (Å²) >= 11 is 5.76. The van der Waals surface area contributed by atoms with Gasteiger partial charge in [0, 0.05) is 12.6 Å². The predicted octanol–water partition coefficient (Wildman–Crippen LogP) is 4.38. The first kappa shape index (κ1) is 17.0. The van der Waals surface area contributed by atoms with E-state index in [0.717, 1.165) is 35.8 Å². The first-order valence-corrected chi connectivity index (χ1v) is 10.1. The largest absolute Gasteiger partial charge is 0.300 e. The zero-order valence-electron chi connectivity index (χ0n) is 15.1. The number of fused-ring (bicyclic) bond motifs is 1. The molecule has 4 nitrogen and oxygen atoms in total. The van der Waals surface area contributed by atoms with Crippen molar-refractivity contribution in [2.45, 2.75) is 64.7 Å². The van der Waals surface area contributed by atoms with Crippen LogP contribution in [-0.4, -0.2) is 31.8 Å². The molecule has 0 bridgehead atoms. The molecule has 134 valence electrons. The fraction of sp³-hybridized carbons (Fsp3) is 0.600. The number of nitrogens with zero attached hydrogens (tertiary/aromatic N) is 4. The van der Waals surface area contributed by atoms with Crippen LogP contribution in [0.15, 0.2) is 30.3 Å². The highest BCUT2D eigenvalue weighted by Crippen LogP contribution is 2.35. The molecule has 2 aromatic rings. The minimum atomic E-state index is 0.740. The number of hydrogen-bond donors (Lipinski definition) is 0. The van der Waals surface area contributed by atoms with E-state index in [2.05, 4.69) is 46.7 Å². The number of rotatable bonds is 4. The molecule has 1 aliphatic carbocycles. The summed E-state index contributed by atoms with van der Waals surface area (Å²) in [5.74, 6) is 1.90. The van der Waals surface area contributed by atoms with Gasteiger partial charge in [-0.1, -0.05) is 43.2 Å². The fourth-order valence-electron chi connectivity index (χ4n) is 4.66. The first-order chi connectivity index (χ1) is 12.2. The second kappa shape index (κ2) is 7.42. The van der Waals surface area contributed by atoms with Crippen LogP contribution >= 0.6 is 12.2 Å². The smallest absolute Gasteiger partial charge is 0.199 e. The molecule has 0 amide bonds. The third-order valence-corrected chi connectivity index (χ3v) is 6.40. The first-order valence-electron chi connectivity index (χ1n) is 9.64. The maximum absolute atomic E-state index is 5.76. The lowest BCUT2D eigenvalue weighted by Gasteiger charge is -2.43. The van der Waals surface area contributed by atoms with Crippen LogP contribution in [0.4, 0.5) is 0 Å². The minimum Gasteiger partial charge on any atom is -0.300 e. The van der Waals surface area contributed by atoms with Gasteiger partial charge in [0.2, 0.25) is 0 Å². The van der Waals surface area contributed by atoms with Gasteiger partial charge < -0.3 is 0 Å². The van der Waals surface area contributed by atoms with Gasteiger partial charge in [-0.2, -0.15) is 5.10 Å². The van der Waals surface area contributed by atoms with E-state index in [1.165, 1.54) is 50.6 Å². The van der Waals surface area contributed by atoms with Gasteiger partial charge in [-0.3, -0.25) is 9.47 Å². The van der Waals surface area contributed by atoms with E-state index in [1.807, 2.05) is 4.68 Å². The van der Waals surface area contributed by atoms with E-state index in [9.17, 15) is 0 Å². The van der Waals surface area contributed by atoms with Crippen LogP contribution in [0.2, 0.25) is 0 Å². The molecule has 2 aliphatic rings. The summed E-state index contributed by atoms with van der Waals surface area (Å²) in [6.07, 6.45) is 8.28. The predicted molar refractivity (Wildman–Crippen MR) is 103 cm³/mol. The summed E-state index contributed by atoms with van der Waals surface area (Å²) in [6, 6.07) is 11.2. The molecule has 4 rings (SSSR count). The van der Waals surface area contributed by atoms with Crippen molar-refractivity contribution in [2.75, 3.05) is 6.54 Å². The van der Waals surface area contributed by atoms with Crippen molar-refractivity contribution in [1.82, 2.24) is 19.2 Å². The topological polar surface area (TPSA) is 26.0 Å². The number of aryl methyl sites for hydroxylation is 1. The molecule has 1 aromatic carbocycles. The lowest BCUT2D eigenvalue weighted by atomic mass is 9.78. The maximum atomic E-state index is 5.76. The Morgan fingerprint density at radius 1 is 1.08 bits per heavy atom. The van der Waals surface area contributed by atoms with Gasteiger partial charge in [0.25, 0.3) is 0 Å². The second-order valence-corrected chi connectivity index (χ2v) is 7.97. The monoisotopic (exact) mass is 356 g/mol. The van der Waals surface area contributed by atoms with Crippen molar-refractivity contribution in [3.8, 4) is 0 Å². The van der Waals surface area contributed by atoms with Gasteiger partial charge in [-0.15, -0.1) is 0 Å². The van der Waals surface area contributed by atoms with E-state index in [0.29, 0.717) is 0 Å². The number of hydrogen-bond acceptors (Lipinski definition) is 3. The van der Waals surface area contributed by atoms with Crippen LogP contribution in [0.5, 0.6) is 0 Å².